The minimum Gasteiger partial charge on any atom is -0.277 e. The van der Waals surface area contributed by atoms with Crippen LogP contribution in [0.3, 0.4) is 0 Å². The molecule has 3 rings (SSSR count). The van der Waals surface area contributed by atoms with Crippen LogP contribution in [0.2, 0.25) is 5.02 Å². The van der Waals surface area contributed by atoms with Crippen LogP contribution in [0.5, 0.6) is 0 Å². The number of hydrogen-bond donors (Lipinski definition) is 1. The molecule has 1 N–H and O–H groups in total. The Kier molecular flexibility index (Phi) is 4.49. The van der Waals surface area contributed by atoms with Crippen LogP contribution >= 0.6 is 11.6 Å². The summed E-state index contributed by atoms with van der Waals surface area (Å²) in [6.07, 6.45) is 0.636. The first-order valence-electron chi connectivity index (χ1n) is 7.18. The van der Waals surface area contributed by atoms with Crippen LogP contribution in [0.15, 0.2) is 47.4 Å². The number of sulfonamides is 1. The van der Waals surface area contributed by atoms with E-state index >= 15 is 0 Å². The molecule has 8 heteroatoms. The van der Waals surface area contributed by atoms with Crippen LogP contribution in [-0.2, 0) is 21.3 Å². The number of benzene rings is 2. The average Bonchev–Trinajstić information content (AvgIpc) is 3.00. The summed E-state index contributed by atoms with van der Waals surface area (Å²) in [6.45, 7) is 0.340. The van der Waals surface area contributed by atoms with Crippen molar-refractivity contribution in [2.24, 2.45) is 0 Å². The fraction of sp³-hybridized carbons (Fsp3) is 0.188. The van der Waals surface area contributed by atoms with E-state index in [4.69, 9.17) is 11.6 Å². The third-order valence-electron chi connectivity index (χ3n) is 3.80. The highest BCUT2D eigenvalue weighted by Gasteiger charge is 2.32. The van der Waals surface area contributed by atoms with Crippen molar-refractivity contribution in [1.29, 1.82) is 0 Å². The van der Waals surface area contributed by atoms with E-state index in [1.54, 1.807) is 12.1 Å². The molecule has 0 saturated carbocycles. The molecule has 1 heterocycles. The molecular formula is C16H15ClN2O4S. The highest BCUT2D eigenvalue weighted by molar-refractivity contribution is 7.93. The third-order valence-corrected chi connectivity index (χ3v) is 6.10. The quantitative estimate of drug-likeness (QED) is 0.843. The van der Waals surface area contributed by atoms with Gasteiger partial charge in [0.15, 0.2) is 0 Å². The molecule has 0 fully saturated rings. The van der Waals surface area contributed by atoms with Crippen molar-refractivity contribution in [3.05, 3.63) is 58.6 Å². The van der Waals surface area contributed by atoms with E-state index in [1.165, 1.54) is 29.6 Å². The van der Waals surface area contributed by atoms with E-state index in [9.17, 15) is 13.2 Å². The molecule has 2 aromatic rings. The number of amides is 1. The van der Waals surface area contributed by atoms with Gasteiger partial charge in [0, 0.05) is 12.1 Å². The molecule has 24 heavy (non-hydrogen) atoms. The summed E-state index contributed by atoms with van der Waals surface area (Å²) < 4.78 is 27.4. The Bertz CT molecular complexity index is 899. The second-order valence-corrected chi connectivity index (χ2v) is 7.47. The Labute approximate surface area is 145 Å². The fourth-order valence-electron chi connectivity index (χ4n) is 2.67. The molecule has 2 aromatic carbocycles. The van der Waals surface area contributed by atoms with Gasteiger partial charge in [-0.25, -0.2) is 13.9 Å². The number of hydrogen-bond acceptors (Lipinski definition) is 4. The zero-order valence-corrected chi connectivity index (χ0v) is 14.4. The standard InChI is InChI=1S/C16H15ClN2O4S/c1-23-18-16(20)12-6-7-13(17)15(10-12)24(21,22)19-9-8-11-4-2-3-5-14(11)19/h2-7,10H,8-9H2,1H3,(H,18,20). The van der Waals surface area contributed by atoms with Crippen LogP contribution in [0.4, 0.5) is 5.69 Å². The number of fused-ring (bicyclic) bond motifs is 1. The van der Waals surface area contributed by atoms with Gasteiger partial charge in [-0.15, -0.1) is 0 Å². The summed E-state index contributed by atoms with van der Waals surface area (Å²) in [5.41, 5.74) is 3.90. The Morgan fingerprint density at radius 1 is 1.25 bits per heavy atom. The summed E-state index contributed by atoms with van der Waals surface area (Å²) >= 11 is 6.10. The number of carbonyl (C=O) groups excluding carboxylic acids is 1. The lowest BCUT2D eigenvalue weighted by Gasteiger charge is -2.20. The summed E-state index contributed by atoms with van der Waals surface area (Å²) in [4.78, 5) is 16.3. The van der Waals surface area contributed by atoms with E-state index in [-0.39, 0.29) is 15.5 Å². The minimum atomic E-state index is -3.87. The zero-order valence-electron chi connectivity index (χ0n) is 12.8. The maximum Gasteiger partial charge on any atom is 0.274 e. The number of nitrogens with one attached hydrogen (secondary N) is 1. The highest BCUT2D eigenvalue weighted by atomic mass is 35.5. The number of rotatable bonds is 4. The molecule has 1 aliphatic rings. The normalized spacial score (nSPS) is 13.7. The topological polar surface area (TPSA) is 75.7 Å². The van der Waals surface area contributed by atoms with Gasteiger partial charge in [-0.1, -0.05) is 29.8 Å². The van der Waals surface area contributed by atoms with Gasteiger partial charge in [0.05, 0.1) is 17.8 Å². The molecule has 0 saturated heterocycles. The fourth-order valence-corrected chi connectivity index (χ4v) is 4.68. The highest BCUT2D eigenvalue weighted by Crippen LogP contribution is 2.35. The van der Waals surface area contributed by atoms with Crippen molar-refractivity contribution >= 4 is 33.2 Å². The molecule has 1 aliphatic heterocycles. The average molecular weight is 367 g/mol. The molecular weight excluding hydrogens is 352 g/mol. The second-order valence-electron chi connectivity index (χ2n) is 5.24. The third kappa shape index (κ3) is 2.86. The lowest BCUT2D eigenvalue weighted by Crippen LogP contribution is -2.30. The lowest BCUT2D eigenvalue weighted by molar-refractivity contribution is 0.0537. The van der Waals surface area contributed by atoms with Crippen molar-refractivity contribution in [1.82, 2.24) is 5.48 Å². The van der Waals surface area contributed by atoms with Gasteiger partial charge in [-0.2, -0.15) is 0 Å². The summed E-state index contributed by atoms with van der Waals surface area (Å²) in [5.74, 6) is -0.549. The first-order chi connectivity index (χ1) is 11.4. The Morgan fingerprint density at radius 2 is 2.00 bits per heavy atom. The predicted octanol–water partition coefficient (Wildman–Crippen LogP) is 2.38. The van der Waals surface area contributed by atoms with Gasteiger partial charge < -0.3 is 0 Å². The van der Waals surface area contributed by atoms with Crippen LogP contribution in [0.1, 0.15) is 15.9 Å². The molecule has 0 aromatic heterocycles. The second kappa shape index (κ2) is 6.43. The lowest BCUT2D eigenvalue weighted by atomic mass is 10.2. The molecule has 0 unspecified atom stereocenters. The molecule has 0 atom stereocenters. The number of para-hydroxylation sites is 1. The molecule has 0 radical (unpaired) electrons. The Morgan fingerprint density at radius 3 is 2.75 bits per heavy atom. The van der Waals surface area contributed by atoms with Gasteiger partial charge >= 0.3 is 0 Å². The number of nitrogens with zero attached hydrogens (tertiary/aromatic N) is 1. The Balaban J connectivity index is 2.05. The maximum absolute atomic E-state index is 13.0. The maximum atomic E-state index is 13.0. The van der Waals surface area contributed by atoms with E-state index in [2.05, 4.69) is 10.3 Å². The van der Waals surface area contributed by atoms with Crippen molar-refractivity contribution in [2.45, 2.75) is 11.3 Å². The monoisotopic (exact) mass is 366 g/mol. The van der Waals surface area contributed by atoms with Gasteiger partial charge in [-0.3, -0.25) is 13.9 Å². The molecule has 1 amide bonds. The van der Waals surface area contributed by atoms with Crippen molar-refractivity contribution in [3.63, 3.8) is 0 Å². The Hall–Kier alpha value is -2.09. The molecule has 0 bridgehead atoms. The molecule has 0 spiro atoms. The predicted molar refractivity (Wildman–Crippen MR) is 90.6 cm³/mol. The van der Waals surface area contributed by atoms with E-state index in [0.717, 1.165) is 5.56 Å². The van der Waals surface area contributed by atoms with Crippen molar-refractivity contribution in [2.75, 3.05) is 18.0 Å². The SMILES string of the molecule is CONC(=O)c1ccc(Cl)c(S(=O)(=O)N2CCc3ccccc32)c1. The summed E-state index contributed by atoms with van der Waals surface area (Å²) in [6, 6.07) is 11.4. The van der Waals surface area contributed by atoms with Gasteiger partial charge in [0.2, 0.25) is 0 Å². The smallest absolute Gasteiger partial charge is 0.274 e. The molecule has 126 valence electrons. The molecule has 0 aliphatic carbocycles. The number of halogens is 1. The zero-order chi connectivity index (χ0) is 17.3. The van der Waals surface area contributed by atoms with Crippen LogP contribution < -0.4 is 9.79 Å². The van der Waals surface area contributed by atoms with Gasteiger partial charge in [0.1, 0.15) is 4.90 Å². The number of carbonyl (C=O) groups is 1. The summed E-state index contributed by atoms with van der Waals surface area (Å²) in [5, 5.41) is 0.0633. The first-order valence-corrected chi connectivity index (χ1v) is 9.00. The van der Waals surface area contributed by atoms with Crippen LogP contribution in [-0.4, -0.2) is 28.0 Å². The minimum absolute atomic E-state index is 0.0633. The van der Waals surface area contributed by atoms with Crippen molar-refractivity contribution in [3.8, 4) is 0 Å². The summed E-state index contributed by atoms with van der Waals surface area (Å²) in [7, 11) is -2.57. The van der Waals surface area contributed by atoms with Crippen LogP contribution in [0.25, 0.3) is 0 Å². The largest absolute Gasteiger partial charge is 0.277 e. The van der Waals surface area contributed by atoms with Gasteiger partial charge in [-0.05, 0) is 36.2 Å². The first kappa shape index (κ1) is 16.8. The number of hydroxylamine groups is 1. The van der Waals surface area contributed by atoms with E-state index in [0.29, 0.717) is 18.7 Å². The van der Waals surface area contributed by atoms with E-state index in [1.807, 2.05) is 12.1 Å². The number of anilines is 1. The van der Waals surface area contributed by atoms with Crippen LogP contribution in [0, 0.1) is 0 Å². The molecule has 6 nitrogen and oxygen atoms in total. The van der Waals surface area contributed by atoms with E-state index < -0.39 is 15.9 Å². The van der Waals surface area contributed by atoms with Gasteiger partial charge in [0.25, 0.3) is 15.9 Å². The van der Waals surface area contributed by atoms with Crippen molar-refractivity contribution < 1.29 is 18.0 Å².